The van der Waals surface area contributed by atoms with Crippen LogP contribution in [0.4, 0.5) is 5.69 Å². The molecule has 3 rings (SSSR count). The van der Waals surface area contributed by atoms with Gasteiger partial charge in [-0.3, -0.25) is 4.79 Å². The lowest BCUT2D eigenvalue weighted by Crippen LogP contribution is -2.70. The molecule has 1 aromatic heterocycles. The molecule has 1 aliphatic carbocycles. The van der Waals surface area contributed by atoms with Gasteiger partial charge in [0, 0.05) is 12.5 Å². The number of hydrogen-bond donors (Lipinski definition) is 3. The van der Waals surface area contributed by atoms with Crippen LogP contribution in [0.1, 0.15) is 16.1 Å². The van der Waals surface area contributed by atoms with Crippen LogP contribution in [-0.4, -0.2) is 45.4 Å². The number of rotatable bonds is 4. The Hall–Kier alpha value is -1.16. The van der Waals surface area contributed by atoms with Crippen LogP contribution in [-0.2, 0) is 14.8 Å². The number of fused-ring (bicyclic) bond motifs is 1. The highest BCUT2D eigenvalue weighted by Crippen LogP contribution is 2.39. The number of thiophene rings is 1. The molecule has 0 bridgehead atoms. The average molecular weight is 331 g/mol. The van der Waals surface area contributed by atoms with E-state index in [0.29, 0.717) is 17.2 Å². The Balaban J connectivity index is 1.74. The van der Waals surface area contributed by atoms with E-state index in [-0.39, 0.29) is 24.0 Å². The number of carbonyl (C=O) groups excluding carboxylic acids is 1. The van der Waals surface area contributed by atoms with Gasteiger partial charge in [-0.2, -0.15) is 0 Å². The van der Waals surface area contributed by atoms with E-state index >= 15 is 0 Å². The van der Waals surface area contributed by atoms with Crippen LogP contribution < -0.4 is 15.8 Å². The van der Waals surface area contributed by atoms with E-state index in [1.807, 2.05) is 0 Å². The fourth-order valence-corrected chi connectivity index (χ4v) is 4.51. The molecule has 1 saturated heterocycles. The number of sulfonamides is 1. The minimum absolute atomic E-state index is 0.148. The summed E-state index contributed by atoms with van der Waals surface area (Å²) in [5, 5.41) is 4.64. The summed E-state index contributed by atoms with van der Waals surface area (Å²) in [6, 6.07) is 0.993. The maximum atomic E-state index is 12.2. The molecule has 4 atom stereocenters. The zero-order valence-corrected chi connectivity index (χ0v) is 13.0. The summed E-state index contributed by atoms with van der Waals surface area (Å²) in [4.78, 5) is 12.7. The topological polar surface area (TPSA) is 111 Å². The molecule has 2 heterocycles. The van der Waals surface area contributed by atoms with Crippen molar-refractivity contribution in [3.8, 4) is 0 Å². The number of ether oxygens (including phenoxy) is 1. The maximum Gasteiger partial charge on any atom is 0.263 e. The summed E-state index contributed by atoms with van der Waals surface area (Å²) in [5.41, 5.74) is 6.17. The van der Waals surface area contributed by atoms with Crippen LogP contribution in [0.2, 0.25) is 0 Å². The lowest BCUT2D eigenvalue weighted by atomic mass is 9.72. The highest BCUT2D eigenvalue weighted by molar-refractivity contribution is 7.88. The van der Waals surface area contributed by atoms with Crippen molar-refractivity contribution in [3.63, 3.8) is 0 Å². The first-order valence-corrected chi connectivity index (χ1v) is 9.36. The van der Waals surface area contributed by atoms with Crippen LogP contribution in [0.5, 0.6) is 0 Å². The molecule has 0 radical (unpaired) electrons. The van der Waals surface area contributed by atoms with Crippen molar-refractivity contribution in [1.29, 1.82) is 0 Å². The van der Waals surface area contributed by atoms with E-state index in [1.54, 1.807) is 11.4 Å². The van der Waals surface area contributed by atoms with Gasteiger partial charge in [0.2, 0.25) is 10.0 Å². The summed E-state index contributed by atoms with van der Waals surface area (Å²) in [7, 11) is -3.36. The van der Waals surface area contributed by atoms with Gasteiger partial charge in [0.1, 0.15) is 4.88 Å². The number of hydrogen-bond acceptors (Lipinski definition) is 6. The third-order valence-electron chi connectivity index (χ3n) is 3.94. The van der Waals surface area contributed by atoms with Crippen molar-refractivity contribution in [3.05, 3.63) is 16.3 Å². The van der Waals surface area contributed by atoms with Crippen molar-refractivity contribution in [2.24, 2.45) is 5.92 Å². The van der Waals surface area contributed by atoms with E-state index in [9.17, 15) is 13.2 Å². The van der Waals surface area contributed by atoms with Gasteiger partial charge in [0.05, 0.1) is 30.1 Å². The first-order chi connectivity index (χ1) is 9.87. The zero-order valence-electron chi connectivity index (χ0n) is 11.4. The van der Waals surface area contributed by atoms with Gasteiger partial charge in [0.25, 0.3) is 5.91 Å². The maximum absolute atomic E-state index is 12.2. The summed E-state index contributed by atoms with van der Waals surface area (Å²) in [6.07, 6.45) is 1.76. The second-order valence-corrected chi connectivity index (χ2v) is 8.10. The van der Waals surface area contributed by atoms with Gasteiger partial charge in [-0.25, -0.2) is 13.1 Å². The van der Waals surface area contributed by atoms with Crippen LogP contribution >= 0.6 is 11.3 Å². The molecule has 9 heteroatoms. The Morgan fingerprint density at radius 2 is 2.24 bits per heavy atom. The second kappa shape index (κ2) is 5.24. The van der Waals surface area contributed by atoms with Gasteiger partial charge < -0.3 is 15.8 Å². The molecule has 21 heavy (non-hydrogen) atoms. The molecule has 0 aromatic carbocycles. The van der Waals surface area contributed by atoms with E-state index in [1.165, 1.54) is 11.3 Å². The Morgan fingerprint density at radius 1 is 1.48 bits per heavy atom. The lowest BCUT2D eigenvalue weighted by Gasteiger charge is -2.47. The van der Waals surface area contributed by atoms with Crippen molar-refractivity contribution < 1.29 is 17.9 Å². The molecule has 1 aromatic rings. The summed E-state index contributed by atoms with van der Waals surface area (Å²) in [6.45, 7) is 0.588. The number of anilines is 1. The predicted octanol–water partition coefficient (Wildman–Crippen LogP) is -0.235. The van der Waals surface area contributed by atoms with Crippen molar-refractivity contribution >= 4 is 33.0 Å². The van der Waals surface area contributed by atoms with Gasteiger partial charge in [-0.15, -0.1) is 11.3 Å². The summed E-state index contributed by atoms with van der Waals surface area (Å²) in [5.74, 6) is -0.118. The van der Waals surface area contributed by atoms with Gasteiger partial charge in [0.15, 0.2) is 0 Å². The smallest absolute Gasteiger partial charge is 0.263 e. The fraction of sp³-hybridized carbons (Fsp3) is 0.583. The number of nitrogens with two attached hydrogens (primary N) is 1. The van der Waals surface area contributed by atoms with E-state index in [0.717, 1.165) is 12.7 Å². The number of carbonyl (C=O) groups is 1. The molecule has 2 fully saturated rings. The van der Waals surface area contributed by atoms with Gasteiger partial charge in [-0.1, -0.05) is 0 Å². The molecule has 116 valence electrons. The normalized spacial score (nSPS) is 31.5. The highest BCUT2D eigenvalue weighted by atomic mass is 32.2. The van der Waals surface area contributed by atoms with Gasteiger partial charge in [-0.05, 0) is 17.9 Å². The van der Waals surface area contributed by atoms with Crippen molar-refractivity contribution in [1.82, 2.24) is 10.0 Å². The minimum Gasteiger partial charge on any atom is -0.397 e. The molecule has 7 nitrogen and oxygen atoms in total. The fourth-order valence-electron chi connectivity index (χ4n) is 3.01. The van der Waals surface area contributed by atoms with E-state index < -0.39 is 16.1 Å². The van der Waals surface area contributed by atoms with Crippen molar-refractivity contribution in [2.45, 2.75) is 24.6 Å². The molecule has 1 aliphatic heterocycles. The third kappa shape index (κ3) is 2.78. The average Bonchev–Trinajstić information content (AvgIpc) is 2.99. The lowest BCUT2D eigenvalue weighted by molar-refractivity contribution is -0.0193. The second-order valence-electron chi connectivity index (χ2n) is 5.41. The van der Waals surface area contributed by atoms with Crippen LogP contribution in [0.3, 0.4) is 0 Å². The largest absolute Gasteiger partial charge is 0.397 e. The zero-order chi connectivity index (χ0) is 15.2. The van der Waals surface area contributed by atoms with Crippen molar-refractivity contribution in [2.75, 3.05) is 18.6 Å². The number of nitrogens with one attached hydrogen (secondary N) is 2. The first kappa shape index (κ1) is 14.8. The molecule has 0 spiro atoms. The molecule has 4 N–H and O–H groups in total. The molecular formula is C12H17N3O4S2. The third-order valence-corrected chi connectivity index (χ3v) is 5.56. The molecule has 1 saturated carbocycles. The SMILES string of the molecule is CS(=O)(=O)N[C@@H]1[C@@H](NC(=O)c2sccc2N)[C@H]2CCO[C@H]21. The first-order valence-electron chi connectivity index (χ1n) is 6.59. The monoisotopic (exact) mass is 331 g/mol. The Morgan fingerprint density at radius 3 is 2.86 bits per heavy atom. The Labute approximate surface area is 126 Å². The molecule has 0 unspecified atom stereocenters. The predicted molar refractivity (Wildman–Crippen MR) is 79.6 cm³/mol. The van der Waals surface area contributed by atoms with E-state index in [4.69, 9.17) is 10.5 Å². The number of nitrogen functional groups attached to an aromatic ring is 1. The van der Waals surface area contributed by atoms with Crippen LogP contribution in [0.15, 0.2) is 11.4 Å². The Bertz CT molecular complexity index is 657. The van der Waals surface area contributed by atoms with Crippen LogP contribution in [0, 0.1) is 5.92 Å². The Kier molecular flexibility index (Phi) is 3.68. The highest BCUT2D eigenvalue weighted by Gasteiger charge is 2.55. The minimum atomic E-state index is -3.36. The van der Waals surface area contributed by atoms with Crippen LogP contribution in [0.25, 0.3) is 0 Å². The molecule has 1 amide bonds. The summed E-state index contributed by atoms with van der Waals surface area (Å²) >= 11 is 1.27. The number of amides is 1. The van der Waals surface area contributed by atoms with E-state index in [2.05, 4.69) is 10.0 Å². The summed E-state index contributed by atoms with van der Waals surface area (Å²) < 4.78 is 31.0. The quantitative estimate of drug-likeness (QED) is 0.705. The van der Waals surface area contributed by atoms with Gasteiger partial charge >= 0.3 is 0 Å². The molecular weight excluding hydrogens is 314 g/mol. The standard InChI is InChI=1S/C12H17N3O4S2/c1-21(17,18)15-9-8(6-2-4-19-10(6)9)14-12(16)11-7(13)3-5-20-11/h3,5-6,8-10,15H,2,4,13H2,1H3,(H,14,16)/t6-,8+,9-,10-/m1/s1. The molecule has 2 aliphatic rings.